The number of fused-ring (bicyclic) bond motifs is 3. The number of esters is 1. The summed E-state index contributed by atoms with van der Waals surface area (Å²) in [6, 6.07) is 31.6. The number of aromatic nitrogens is 6. The number of nitrogen functional groups attached to an aromatic ring is 1. The summed E-state index contributed by atoms with van der Waals surface area (Å²) in [7, 11) is 0. The lowest BCUT2D eigenvalue weighted by molar-refractivity contribution is -0.144. The number of imide groups is 1. The van der Waals surface area contributed by atoms with Crippen molar-refractivity contribution in [3.05, 3.63) is 146 Å². The minimum atomic E-state index is -0.812. The van der Waals surface area contributed by atoms with Crippen molar-refractivity contribution in [1.82, 2.24) is 34.0 Å². The van der Waals surface area contributed by atoms with Crippen molar-refractivity contribution in [1.29, 1.82) is 15.8 Å². The average Bonchev–Trinajstić information content (AvgIpc) is 1.64. The van der Waals surface area contributed by atoms with Gasteiger partial charge in [-0.1, -0.05) is 69.6 Å². The van der Waals surface area contributed by atoms with Gasteiger partial charge in [-0.15, -0.1) is 0 Å². The average molecular weight is 1450 g/mol. The highest BCUT2D eigenvalue weighted by Crippen LogP contribution is 2.43. The Hall–Kier alpha value is -10.3. The van der Waals surface area contributed by atoms with Crippen molar-refractivity contribution in [2.75, 3.05) is 24.0 Å². The van der Waals surface area contributed by atoms with Gasteiger partial charge in [-0.2, -0.15) is 25.9 Å². The number of carbonyl (C=O) groups is 6. The number of hydrazone groups is 1. The Morgan fingerprint density at radius 2 is 1.03 bits per heavy atom. The number of Topliss-reactive ketones (excluding diaryl/α,β-unsaturated/α-hetero) is 2. The van der Waals surface area contributed by atoms with Gasteiger partial charge in [-0.05, 0) is 134 Å². The number of hydrogen-bond acceptors (Lipinski definition) is 20. The molecule has 98 heavy (non-hydrogen) atoms. The van der Waals surface area contributed by atoms with E-state index in [1.807, 2.05) is 63.2 Å². The molecule has 0 radical (unpaired) electrons. The smallest absolute Gasteiger partial charge is 0.413 e. The molecule has 10 rings (SSSR count). The van der Waals surface area contributed by atoms with Crippen LogP contribution in [0.1, 0.15) is 98.3 Å². The normalized spacial score (nSPS) is 11.9. The number of ether oxygens (including phenoxy) is 5. The van der Waals surface area contributed by atoms with E-state index in [2.05, 4.69) is 75.9 Å². The van der Waals surface area contributed by atoms with E-state index in [9.17, 15) is 34.0 Å². The van der Waals surface area contributed by atoms with Gasteiger partial charge in [-0.25, -0.2) is 19.7 Å². The number of imidazole rings is 3. The zero-order valence-corrected chi connectivity index (χ0v) is 58.1. The van der Waals surface area contributed by atoms with E-state index in [0.717, 1.165) is 38.1 Å². The highest BCUT2D eigenvalue weighted by atomic mass is 35.5. The monoisotopic (exact) mass is 1450 g/mol. The Morgan fingerprint density at radius 3 is 1.42 bits per heavy atom. The number of carbonyl (C=O) groups excluding carboxylic acids is 6. The van der Waals surface area contributed by atoms with Crippen LogP contribution in [0.5, 0.6) is 34.5 Å². The van der Waals surface area contributed by atoms with Crippen LogP contribution in [0.4, 0.5) is 16.2 Å². The maximum absolute atomic E-state index is 12.2. The molecule has 6 aromatic carbocycles. The maximum Gasteiger partial charge on any atom is 0.413 e. The number of halogens is 6. The molecule has 4 heterocycles. The third-order valence-corrected chi connectivity index (χ3v) is 15.2. The number of amides is 3. The van der Waals surface area contributed by atoms with Crippen molar-refractivity contribution in [2.24, 2.45) is 10.1 Å². The molecule has 506 valence electrons. The van der Waals surface area contributed by atoms with E-state index in [-0.39, 0.29) is 87.0 Å². The van der Waals surface area contributed by atoms with E-state index in [1.165, 1.54) is 12.1 Å². The predicted octanol–water partition coefficient (Wildman–Crippen LogP) is 16.1. The number of anilines is 2. The molecule has 3 N–H and O–H groups in total. The van der Waals surface area contributed by atoms with Crippen LogP contribution in [-0.2, 0) is 40.0 Å². The topological polar surface area (TPSA) is 339 Å². The van der Waals surface area contributed by atoms with Crippen LogP contribution in [0.2, 0.25) is 30.1 Å². The number of nitrogens with one attached hydrogen (secondary N) is 1. The van der Waals surface area contributed by atoms with Crippen molar-refractivity contribution in [3.8, 4) is 52.7 Å². The lowest BCUT2D eigenvalue weighted by Crippen LogP contribution is -2.36. The van der Waals surface area contributed by atoms with Crippen molar-refractivity contribution in [3.63, 3.8) is 0 Å². The summed E-state index contributed by atoms with van der Waals surface area (Å²) in [6.07, 6.45) is 3.22. The molecule has 31 heteroatoms. The Morgan fingerprint density at radius 1 is 0.612 bits per heavy atom. The number of nitriles is 3. The van der Waals surface area contributed by atoms with Gasteiger partial charge >= 0.3 is 12.1 Å². The predicted molar refractivity (Wildman–Crippen MR) is 373 cm³/mol. The van der Waals surface area contributed by atoms with E-state index in [4.69, 9.17) is 105 Å². The molecule has 0 fully saturated rings. The highest BCUT2D eigenvalue weighted by Gasteiger charge is 2.30. The summed E-state index contributed by atoms with van der Waals surface area (Å²) in [5.41, 5.74) is 11.6. The molecule has 0 spiro atoms. The fourth-order valence-corrected chi connectivity index (χ4v) is 10.8. The van der Waals surface area contributed by atoms with Gasteiger partial charge < -0.3 is 43.1 Å². The van der Waals surface area contributed by atoms with Gasteiger partial charge in [0.1, 0.15) is 42.2 Å². The van der Waals surface area contributed by atoms with Gasteiger partial charge in [0.05, 0.1) is 120 Å². The summed E-state index contributed by atoms with van der Waals surface area (Å²) in [4.78, 5) is 85.5. The summed E-state index contributed by atoms with van der Waals surface area (Å²) in [6.45, 7) is 16.0. The Balaban J connectivity index is 0.000000195. The lowest BCUT2D eigenvalue weighted by Gasteiger charge is -2.22. The Labute approximate surface area is 591 Å². The van der Waals surface area contributed by atoms with Gasteiger partial charge in [0.15, 0.2) is 23.0 Å². The third kappa shape index (κ3) is 19.5. The van der Waals surface area contributed by atoms with E-state index >= 15 is 0 Å². The van der Waals surface area contributed by atoms with Crippen LogP contribution >= 0.6 is 69.6 Å². The first-order valence-electron chi connectivity index (χ1n) is 29.6. The summed E-state index contributed by atoms with van der Waals surface area (Å²) in [5, 5.41) is 34.4. The van der Waals surface area contributed by atoms with Crippen LogP contribution in [-0.4, -0.2) is 88.7 Å². The fraction of sp³-hybridized carbons (Fsp3) is 0.254. The molecule has 9 aromatic rings. The van der Waals surface area contributed by atoms with Gasteiger partial charge in [0.2, 0.25) is 23.2 Å². The molecule has 3 aromatic heterocycles. The first kappa shape index (κ1) is 75.1. The molecule has 3 amide bonds. The number of ketones is 2. The second-order valence-corrected chi connectivity index (χ2v) is 24.0. The SMILES string of the molecule is CC(C)n1cnc2ccc(Oc3c(Cl)cc(N)cc3Cl)cc21.CC(C)n1cnc2ccc(Oc3c(Cl)cc(N4N=C(C#N)C(=O)CC4=O)cc3Cl)cc21.CCOC(=O)CC(=O)C(C#N)=NCc1cc(Cl)c(Oc2ccc3ncn(C(C)C)c3c2)c(Cl)c1.CCOC(=O)NC(=O)CC#N. The molecule has 0 saturated carbocycles. The van der Waals surface area contributed by atoms with E-state index < -0.39 is 48.3 Å². The minimum Gasteiger partial charge on any atom is -0.466 e. The quantitative estimate of drug-likeness (QED) is 0.0349. The second kappa shape index (κ2) is 34.6. The Bertz CT molecular complexity index is 4660. The summed E-state index contributed by atoms with van der Waals surface area (Å²) >= 11 is 37.9. The van der Waals surface area contributed by atoms with Crippen LogP contribution in [0.3, 0.4) is 0 Å². The molecule has 0 atom stereocenters. The number of hydrogen-bond donors (Lipinski definition) is 2. The van der Waals surface area contributed by atoms with Crippen molar-refractivity contribution >= 4 is 161 Å². The largest absolute Gasteiger partial charge is 0.466 e. The maximum atomic E-state index is 12.2. The standard InChI is InChI=1S/C24H22Cl2N4O4.C21H15Cl2N5O3.C16H15Cl2N3O.C6H8N2O3/c1-4-33-23(32)10-22(31)20(11-27)28-12-15-7-17(25)24(18(26)8-15)34-16-5-6-19-21(9-16)30(13-29-19)14(2)3;1-11(2)27-10-25-16-4-3-13(7-18(16)27)31-21-14(22)5-12(6-15(21)23)28-20(30)8-19(29)17(9-24)26-28;1-9(2)21-8-20-14-4-3-11(7-15(14)21)22-16-12(17)5-10(19)6-13(16)18;1-2-11-6(10)8-5(9)3-4-7/h5-9,13-14H,4,10,12H2,1-3H3;3-7,10-11H,8H2,1-2H3;3-9H,19H2,1-2H3;2-3H2,1H3,(H,8,9,10). The summed E-state index contributed by atoms with van der Waals surface area (Å²) in [5.74, 6) is -0.725. The first-order chi connectivity index (χ1) is 46.7. The number of rotatable bonds is 18. The molecule has 1 aliphatic heterocycles. The third-order valence-electron chi connectivity index (χ3n) is 13.5. The number of alkyl carbamates (subject to hydrolysis) is 1. The lowest BCUT2D eigenvalue weighted by atomic mass is 10.1. The highest BCUT2D eigenvalue weighted by molar-refractivity contribution is 6.50. The zero-order chi connectivity index (χ0) is 71.7. The van der Waals surface area contributed by atoms with Crippen LogP contribution in [0.15, 0.2) is 120 Å². The molecule has 0 aliphatic carbocycles. The van der Waals surface area contributed by atoms with Crippen LogP contribution in [0, 0.1) is 34.0 Å². The van der Waals surface area contributed by atoms with Crippen molar-refractivity contribution < 1.29 is 52.5 Å². The van der Waals surface area contributed by atoms with Gasteiger partial charge in [-0.3, -0.25) is 34.3 Å². The molecular weight excluding hydrogens is 1390 g/mol. The van der Waals surface area contributed by atoms with E-state index in [1.54, 1.807) is 81.1 Å². The Kier molecular flexibility index (Phi) is 26.5. The molecule has 0 bridgehead atoms. The van der Waals surface area contributed by atoms with E-state index in [0.29, 0.717) is 50.3 Å². The zero-order valence-electron chi connectivity index (χ0n) is 53.6. The number of nitrogens with zero attached hydrogens (tertiary/aromatic N) is 12. The molecule has 0 unspecified atom stereocenters. The number of benzene rings is 6. The number of nitrogens with two attached hydrogens (primary N) is 1. The fourth-order valence-electron chi connectivity index (χ4n) is 9.01. The van der Waals surface area contributed by atoms with Crippen LogP contribution in [0.25, 0.3) is 33.1 Å². The summed E-state index contributed by atoms with van der Waals surface area (Å²) < 4.78 is 33.0. The minimum absolute atomic E-state index is 0.0310. The molecule has 25 nitrogen and oxygen atoms in total. The molecular formula is C67H60Cl6N14O11. The molecule has 0 saturated heterocycles. The second-order valence-electron chi connectivity index (χ2n) is 21.6. The van der Waals surface area contributed by atoms with Gasteiger partial charge in [0.25, 0.3) is 5.91 Å². The first-order valence-corrected chi connectivity index (χ1v) is 31.9. The van der Waals surface area contributed by atoms with Crippen molar-refractivity contribution in [2.45, 2.75) is 99.3 Å². The number of aliphatic imine (C=N–C) groups is 1. The van der Waals surface area contributed by atoms with Crippen LogP contribution < -0.4 is 30.3 Å². The molecule has 1 aliphatic rings. The van der Waals surface area contributed by atoms with Gasteiger partial charge in [0, 0.05) is 42.0 Å².